The van der Waals surface area contributed by atoms with E-state index in [1.807, 2.05) is 23.1 Å². The first-order chi connectivity index (χ1) is 14.2. The molecule has 29 heavy (non-hydrogen) atoms. The second kappa shape index (κ2) is 9.03. The lowest BCUT2D eigenvalue weighted by atomic mass is 9.96. The summed E-state index contributed by atoms with van der Waals surface area (Å²) in [6, 6.07) is 11.6. The summed E-state index contributed by atoms with van der Waals surface area (Å²) >= 11 is 0. The molecule has 7 heteroatoms. The minimum absolute atomic E-state index is 0.0559. The fourth-order valence-corrected chi connectivity index (χ4v) is 3.62. The molecule has 1 saturated heterocycles. The predicted octanol–water partition coefficient (Wildman–Crippen LogP) is 2.74. The number of nitrogens with zero attached hydrogens (tertiary/aromatic N) is 3. The van der Waals surface area contributed by atoms with E-state index in [-0.39, 0.29) is 5.91 Å². The Morgan fingerprint density at radius 3 is 2.55 bits per heavy atom. The number of piperazine rings is 1. The molecule has 2 heterocycles. The number of benzene rings is 1. The number of amides is 1. The SMILES string of the molecule is CN=C(NCc1ccccc1OC1CCC1)N1CCN(C(=O)c2ccco2)CC1. The fourth-order valence-electron chi connectivity index (χ4n) is 3.62. The van der Waals surface area contributed by atoms with E-state index >= 15 is 0 Å². The average Bonchev–Trinajstić information content (AvgIpc) is 3.27. The number of carbonyl (C=O) groups excluding carboxylic acids is 1. The van der Waals surface area contributed by atoms with Gasteiger partial charge in [0.05, 0.1) is 12.4 Å². The summed E-state index contributed by atoms with van der Waals surface area (Å²) in [5.74, 6) is 2.13. The van der Waals surface area contributed by atoms with E-state index in [9.17, 15) is 4.79 Å². The van der Waals surface area contributed by atoms with Crippen molar-refractivity contribution in [2.75, 3.05) is 33.2 Å². The Balaban J connectivity index is 1.31. The van der Waals surface area contributed by atoms with Crippen LogP contribution in [0.15, 0.2) is 52.1 Å². The van der Waals surface area contributed by atoms with Crippen LogP contribution < -0.4 is 10.1 Å². The normalized spacial score (nSPS) is 17.8. The molecule has 0 bridgehead atoms. The highest BCUT2D eigenvalue weighted by Gasteiger charge is 2.25. The van der Waals surface area contributed by atoms with Crippen molar-refractivity contribution in [3.8, 4) is 5.75 Å². The number of guanidine groups is 1. The molecule has 1 aliphatic carbocycles. The van der Waals surface area contributed by atoms with Gasteiger partial charge in [-0.15, -0.1) is 0 Å². The molecule has 0 atom stereocenters. The van der Waals surface area contributed by atoms with Crippen LogP contribution in [0.1, 0.15) is 35.4 Å². The Morgan fingerprint density at radius 2 is 1.90 bits per heavy atom. The third-order valence-corrected chi connectivity index (χ3v) is 5.57. The third kappa shape index (κ3) is 4.55. The quantitative estimate of drug-likeness (QED) is 0.622. The van der Waals surface area contributed by atoms with Crippen molar-refractivity contribution in [2.45, 2.75) is 31.9 Å². The molecule has 7 nitrogen and oxygen atoms in total. The monoisotopic (exact) mass is 396 g/mol. The molecule has 0 unspecified atom stereocenters. The number of aliphatic imine (C=N–C) groups is 1. The first-order valence-corrected chi connectivity index (χ1v) is 10.3. The lowest BCUT2D eigenvalue weighted by Crippen LogP contribution is -2.53. The minimum Gasteiger partial charge on any atom is -0.490 e. The molecule has 4 rings (SSSR count). The zero-order chi connectivity index (χ0) is 20.1. The molecule has 154 valence electrons. The highest BCUT2D eigenvalue weighted by atomic mass is 16.5. The summed E-state index contributed by atoms with van der Waals surface area (Å²) in [5.41, 5.74) is 1.13. The van der Waals surface area contributed by atoms with E-state index in [2.05, 4.69) is 21.3 Å². The molecular weight excluding hydrogens is 368 g/mol. The van der Waals surface area contributed by atoms with Crippen molar-refractivity contribution in [1.29, 1.82) is 0 Å². The zero-order valence-corrected chi connectivity index (χ0v) is 16.8. The largest absolute Gasteiger partial charge is 0.490 e. The summed E-state index contributed by atoms with van der Waals surface area (Å²) in [7, 11) is 1.79. The first kappa shape index (κ1) is 19.4. The van der Waals surface area contributed by atoms with E-state index < -0.39 is 0 Å². The van der Waals surface area contributed by atoms with Crippen molar-refractivity contribution >= 4 is 11.9 Å². The summed E-state index contributed by atoms with van der Waals surface area (Å²) in [6.45, 7) is 3.39. The van der Waals surface area contributed by atoms with Crippen LogP contribution in [0.5, 0.6) is 5.75 Å². The van der Waals surface area contributed by atoms with Crippen LogP contribution in [0.4, 0.5) is 0 Å². The van der Waals surface area contributed by atoms with Gasteiger partial charge in [0.25, 0.3) is 5.91 Å². The number of nitrogens with one attached hydrogen (secondary N) is 1. The predicted molar refractivity (Wildman–Crippen MR) is 111 cm³/mol. The highest BCUT2D eigenvalue weighted by Crippen LogP contribution is 2.27. The molecule has 1 aromatic carbocycles. The van der Waals surface area contributed by atoms with Crippen molar-refractivity contribution in [2.24, 2.45) is 4.99 Å². The molecule has 1 aromatic heterocycles. The number of rotatable bonds is 5. The van der Waals surface area contributed by atoms with Gasteiger partial charge in [0.15, 0.2) is 11.7 Å². The maximum Gasteiger partial charge on any atom is 0.289 e. The number of ether oxygens (including phenoxy) is 1. The lowest BCUT2D eigenvalue weighted by Gasteiger charge is -2.36. The Labute approximate surface area is 171 Å². The second-order valence-electron chi connectivity index (χ2n) is 7.44. The van der Waals surface area contributed by atoms with Gasteiger partial charge in [-0.2, -0.15) is 0 Å². The van der Waals surface area contributed by atoms with Crippen LogP contribution in [0.2, 0.25) is 0 Å². The van der Waals surface area contributed by atoms with E-state index in [4.69, 9.17) is 9.15 Å². The molecular formula is C22H28N4O3. The van der Waals surface area contributed by atoms with Gasteiger partial charge in [0.1, 0.15) is 5.75 Å². The van der Waals surface area contributed by atoms with Gasteiger partial charge in [-0.1, -0.05) is 18.2 Å². The van der Waals surface area contributed by atoms with Gasteiger partial charge in [-0.25, -0.2) is 0 Å². The number of hydrogen-bond acceptors (Lipinski definition) is 4. The van der Waals surface area contributed by atoms with Gasteiger partial charge >= 0.3 is 0 Å². The highest BCUT2D eigenvalue weighted by molar-refractivity contribution is 5.91. The van der Waals surface area contributed by atoms with Crippen molar-refractivity contribution < 1.29 is 13.9 Å². The minimum atomic E-state index is -0.0559. The van der Waals surface area contributed by atoms with Gasteiger partial charge in [0.2, 0.25) is 0 Å². The molecule has 1 saturated carbocycles. The summed E-state index contributed by atoms with van der Waals surface area (Å²) in [4.78, 5) is 20.9. The van der Waals surface area contributed by atoms with Crippen LogP contribution in [0.3, 0.4) is 0 Å². The standard InChI is InChI=1S/C22H28N4O3/c1-23-22(24-16-17-6-2-3-9-19(17)29-18-7-4-8-18)26-13-11-25(12-14-26)21(27)20-10-5-15-28-20/h2-3,5-6,9-10,15,18H,4,7-8,11-14,16H2,1H3,(H,23,24). The average molecular weight is 396 g/mol. The van der Waals surface area contributed by atoms with Crippen LogP contribution in [-0.2, 0) is 6.54 Å². The Morgan fingerprint density at radius 1 is 1.14 bits per heavy atom. The molecule has 1 aliphatic heterocycles. The maximum absolute atomic E-state index is 12.4. The number of carbonyl (C=O) groups is 1. The number of furan rings is 1. The van der Waals surface area contributed by atoms with E-state index in [1.54, 1.807) is 19.2 Å². The topological polar surface area (TPSA) is 70.3 Å². The van der Waals surface area contributed by atoms with Gasteiger partial charge in [-0.3, -0.25) is 9.79 Å². The lowest BCUT2D eigenvalue weighted by molar-refractivity contribution is 0.0657. The number of hydrogen-bond donors (Lipinski definition) is 1. The van der Waals surface area contributed by atoms with Crippen molar-refractivity contribution in [3.63, 3.8) is 0 Å². The van der Waals surface area contributed by atoms with E-state index in [0.717, 1.165) is 43.2 Å². The first-order valence-electron chi connectivity index (χ1n) is 10.3. The fraction of sp³-hybridized carbons (Fsp3) is 0.455. The number of para-hydroxylation sites is 1. The van der Waals surface area contributed by atoms with Crippen LogP contribution in [0, 0.1) is 0 Å². The zero-order valence-electron chi connectivity index (χ0n) is 16.8. The summed E-state index contributed by atoms with van der Waals surface area (Å²) < 4.78 is 11.4. The molecule has 2 fully saturated rings. The Bertz CT molecular complexity index is 838. The van der Waals surface area contributed by atoms with Crippen molar-refractivity contribution in [1.82, 2.24) is 15.1 Å². The molecule has 2 aliphatic rings. The van der Waals surface area contributed by atoms with Crippen LogP contribution in [0.25, 0.3) is 0 Å². The second-order valence-corrected chi connectivity index (χ2v) is 7.44. The van der Waals surface area contributed by atoms with Crippen LogP contribution >= 0.6 is 0 Å². The molecule has 0 spiro atoms. The molecule has 1 N–H and O–H groups in total. The Hall–Kier alpha value is -2.96. The summed E-state index contributed by atoms with van der Waals surface area (Å²) in [6.07, 6.45) is 5.43. The molecule has 1 amide bonds. The van der Waals surface area contributed by atoms with Crippen LogP contribution in [-0.4, -0.2) is 61.0 Å². The summed E-state index contributed by atoms with van der Waals surface area (Å²) in [5, 5.41) is 3.45. The van der Waals surface area contributed by atoms with Gasteiger partial charge in [-0.05, 0) is 37.5 Å². The molecule has 0 radical (unpaired) electrons. The van der Waals surface area contributed by atoms with Crippen molar-refractivity contribution in [3.05, 3.63) is 54.0 Å². The van der Waals surface area contributed by atoms with Gasteiger partial charge in [0, 0.05) is 45.3 Å². The van der Waals surface area contributed by atoms with E-state index in [0.29, 0.717) is 31.5 Å². The Kier molecular flexibility index (Phi) is 6.03. The third-order valence-electron chi connectivity index (χ3n) is 5.57. The molecule has 2 aromatic rings. The van der Waals surface area contributed by atoms with E-state index in [1.165, 1.54) is 12.7 Å². The van der Waals surface area contributed by atoms with Gasteiger partial charge < -0.3 is 24.3 Å². The maximum atomic E-state index is 12.4. The smallest absolute Gasteiger partial charge is 0.289 e.